The number of hydrogen-bond acceptors (Lipinski definition) is 2. The normalized spacial score (nSPS) is 10.8. The number of aromatic amines is 1. The quantitative estimate of drug-likeness (QED) is 0.667. The predicted molar refractivity (Wildman–Crippen MR) is 65.6 cm³/mol. The minimum Gasteiger partial charge on any atom is -0.506 e. The maximum Gasteiger partial charge on any atom is 0.279 e. The van der Waals surface area contributed by atoms with Gasteiger partial charge in [0.05, 0.1) is 10.9 Å². The molecule has 1 aromatic heterocycles. The van der Waals surface area contributed by atoms with Crippen LogP contribution in [0.4, 0.5) is 0 Å². The Bertz CT molecular complexity index is 740. The minimum atomic E-state index is -0.165. The molecule has 0 saturated heterocycles. The molecule has 0 aliphatic rings. The Hall–Kier alpha value is -2.49. The Labute approximate surface area is 96.7 Å². The van der Waals surface area contributed by atoms with Crippen molar-refractivity contribution in [3.8, 4) is 11.4 Å². The number of H-pyrrole nitrogens is 1. The molecule has 4 nitrogen and oxygen atoms in total. The van der Waals surface area contributed by atoms with Gasteiger partial charge in [-0.25, -0.2) is 4.68 Å². The summed E-state index contributed by atoms with van der Waals surface area (Å²) < 4.78 is 1.35. The molecular weight excluding hydrogens is 216 g/mol. The van der Waals surface area contributed by atoms with Crippen LogP contribution in [0.1, 0.15) is 0 Å². The van der Waals surface area contributed by atoms with Gasteiger partial charge in [-0.05, 0) is 24.3 Å². The van der Waals surface area contributed by atoms with Crippen LogP contribution >= 0.6 is 0 Å². The number of hydrogen-bond donors (Lipinski definition) is 2. The number of phenolic OH excluding ortho intramolecular Hbond substituents is 1. The van der Waals surface area contributed by atoms with Gasteiger partial charge in [0.2, 0.25) is 0 Å². The summed E-state index contributed by atoms with van der Waals surface area (Å²) >= 11 is 0. The maximum atomic E-state index is 12.1. The third-order valence-corrected chi connectivity index (χ3v) is 2.72. The average molecular weight is 226 g/mol. The van der Waals surface area contributed by atoms with Gasteiger partial charge in [-0.1, -0.05) is 24.3 Å². The van der Waals surface area contributed by atoms with Crippen LogP contribution in [0.25, 0.3) is 16.6 Å². The van der Waals surface area contributed by atoms with Gasteiger partial charge < -0.3 is 5.11 Å². The number of aromatic hydroxyl groups is 1. The van der Waals surface area contributed by atoms with E-state index in [9.17, 15) is 9.90 Å². The Kier molecular flexibility index (Phi) is 2.01. The first-order valence-corrected chi connectivity index (χ1v) is 5.25. The van der Waals surface area contributed by atoms with Crippen molar-refractivity contribution >= 4 is 10.9 Å². The number of fused-ring (bicyclic) bond motifs is 1. The Morgan fingerprint density at radius 1 is 1.00 bits per heavy atom. The van der Waals surface area contributed by atoms with Gasteiger partial charge in [0.1, 0.15) is 11.4 Å². The standard InChI is InChI=1S/C13H10N2O2/c16-12-8-4-3-7-11(12)15-13(17)9-5-1-2-6-10(9)14-15/h1-8,14,16H. The third-order valence-electron chi connectivity index (χ3n) is 2.72. The van der Waals surface area contributed by atoms with E-state index in [4.69, 9.17) is 0 Å². The molecule has 0 radical (unpaired) electrons. The highest BCUT2D eigenvalue weighted by Gasteiger charge is 2.09. The van der Waals surface area contributed by atoms with E-state index < -0.39 is 0 Å². The molecule has 0 atom stereocenters. The summed E-state index contributed by atoms with van der Waals surface area (Å²) in [7, 11) is 0. The number of para-hydroxylation sites is 3. The summed E-state index contributed by atoms with van der Waals surface area (Å²) in [5, 5.41) is 13.3. The van der Waals surface area contributed by atoms with E-state index in [0.29, 0.717) is 11.1 Å². The van der Waals surface area contributed by atoms with Crippen LogP contribution in [0.15, 0.2) is 53.3 Å². The largest absolute Gasteiger partial charge is 0.506 e. The summed E-state index contributed by atoms with van der Waals surface area (Å²) in [6.07, 6.45) is 0. The topological polar surface area (TPSA) is 58.0 Å². The highest BCUT2D eigenvalue weighted by atomic mass is 16.3. The molecule has 2 N–H and O–H groups in total. The molecule has 0 unspecified atom stereocenters. The van der Waals surface area contributed by atoms with E-state index in [1.807, 2.05) is 18.2 Å². The molecule has 3 aromatic rings. The molecule has 0 amide bonds. The second-order valence-corrected chi connectivity index (χ2v) is 3.79. The molecule has 2 aromatic carbocycles. The Morgan fingerprint density at radius 3 is 2.47 bits per heavy atom. The zero-order valence-electron chi connectivity index (χ0n) is 8.92. The number of aromatic nitrogens is 2. The highest BCUT2D eigenvalue weighted by Crippen LogP contribution is 2.19. The van der Waals surface area contributed by atoms with Gasteiger partial charge >= 0.3 is 0 Å². The zero-order chi connectivity index (χ0) is 11.8. The van der Waals surface area contributed by atoms with Gasteiger partial charge in [-0.15, -0.1) is 0 Å². The Morgan fingerprint density at radius 2 is 1.71 bits per heavy atom. The number of phenols is 1. The van der Waals surface area contributed by atoms with Crippen LogP contribution in [0, 0.1) is 0 Å². The molecule has 3 rings (SSSR count). The number of nitrogens with zero attached hydrogens (tertiary/aromatic N) is 1. The summed E-state index contributed by atoms with van der Waals surface area (Å²) in [5.41, 5.74) is 1.04. The van der Waals surface area contributed by atoms with Crippen LogP contribution in [0.3, 0.4) is 0 Å². The predicted octanol–water partition coefficient (Wildman–Crippen LogP) is 2.02. The molecule has 0 aliphatic carbocycles. The molecule has 84 valence electrons. The molecular formula is C13H10N2O2. The van der Waals surface area contributed by atoms with Gasteiger partial charge in [-0.3, -0.25) is 9.89 Å². The summed E-state index contributed by atoms with van der Waals surface area (Å²) in [4.78, 5) is 12.1. The van der Waals surface area contributed by atoms with E-state index in [1.54, 1.807) is 30.3 Å². The number of nitrogens with one attached hydrogen (secondary N) is 1. The van der Waals surface area contributed by atoms with Crippen molar-refractivity contribution in [3.63, 3.8) is 0 Å². The van der Waals surface area contributed by atoms with Crippen molar-refractivity contribution in [2.45, 2.75) is 0 Å². The minimum absolute atomic E-state index is 0.0705. The number of benzene rings is 2. The second-order valence-electron chi connectivity index (χ2n) is 3.79. The lowest BCUT2D eigenvalue weighted by atomic mass is 10.2. The van der Waals surface area contributed by atoms with Crippen molar-refractivity contribution in [3.05, 3.63) is 58.9 Å². The molecule has 0 aliphatic heterocycles. The van der Waals surface area contributed by atoms with Gasteiger partial charge in [0, 0.05) is 0 Å². The van der Waals surface area contributed by atoms with Crippen molar-refractivity contribution in [2.75, 3.05) is 0 Å². The van der Waals surface area contributed by atoms with E-state index in [2.05, 4.69) is 5.10 Å². The van der Waals surface area contributed by atoms with E-state index >= 15 is 0 Å². The van der Waals surface area contributed by atoms with Crippen molar-refractivity contribution in [1.29, 1.82) is 0 Å². The molecule has 4 heteroatoms. The van der Waals surface area contributed by atoms with E-state index in [0.717, 1.165) is 5.52 Å². The number of rotatable bonds is 1. The lowest BCUT2D eigenvalue weighted by molar-refractivity contribution is 0.470. The van der Waals surface area contributed by atoms with Crippen LogP contribution in [-0.2, 0) is 0 Å². The van der Waals surface area contributed by atoms with Crippen LogP contribution in [-0.4, -0.2) is 14.9 Å². The monoisotopic (exact) mass is 226 g/mol. The fraction of sp³-hybridized carbons (Fsp3) is 0. The molecule has 0 saturated carbocycles. The van der Waals surface area contributed by atoms with Crippen molar-refractivity contribution in [2.24, 2.45) is 0 Å². The van der Waals surface area contributed by atoms with Crippen LogP contribution in [0.2, 0.25) is 0 Å². The average Bonchev–Trinajstić information content (AvgIpc) is 2.68. The van der Waals surface area contributed by atoms with E-state index in [-0.39, 0.29) is 11.3 Å². The first-order chi connectivity index (χ1) is 8.27. The van der Waals surface area contributed by atoms with E-state index in [1.165, 1.54) is 4.68 Å². The van der Waals surface area contributed by atoms with Crippen LogP contribution < -0.4 is 5.56 Å². The van der Waals surface area contributed by atoms with Crippen molar-refractivity contribution in [1.82, 2.24) is 9.78 Å². The first-order valence-electron chi connectivity index (χ1n) is 5.25. The maximum absolute atomic E-state index is 12.1. The molecule has 0 spiro atoms. The summed E-state index contributed by atoms with van der Waals surface area (Å²) in [5.74, 6) is 0.0705. The van der Waals surface area contributed by atoms with Gasteiger partial charge in [-0.2, -0.15) is 0 Å². The molecule has 17 heavy (non-hydrogen) atoms. The lowest BCUT2D eigenvalue weighted by Crippen LogP contribution is -2.14. The summed E-state index contributed by atoms with van der Waals surface area (Å²) in [6.45, 7) is 0. The van der Waals surface area contributed by atoms with Gasteiger partial charge in [0.25, 0.3) is 5.56 Å². The molecule has 0 fully saturated rings. The molecule has 0 bridgehead atoms. The van der Waals surface area contributed by atoms with Crippen LogP contribution in [0.5, 0.6) is 5.75 Å². The second kappa shape index (κ2) is 3.52. The first kappa shape index (κ1) is 9.72. The third kappa shape index (κ3) is 1.42. The highest BCUT2D eigenvalue weighted by molar-refractivity contribution is 5.78. The van der Waals surface area contributed by atoms with Crippen molar-refractivity contribution < 1.29 is 5.11 Å². The fourth-order valence-corrected chi connectivity index (χ4v) is 1.88. The molecule has 1 heterocycles. The zero-order valence-corrected chi connectivity index (χ0v) is 8.92. The smallest absolute Gasteiger partial charge is 0.279 e. The Balaban J connectivity index is 2.36. The fourth-order valence-electron chi connectivity index (χ4n) is 1.88. The SMILES string of the molecule is O=c1c2ccccc2[nH]n1-c1ccccc1O. The van der Waals surface area contributed by atoms with Gasteiger partial charge in [0.15, 0.2) is 0 Å². The lowest BCUT2D eigenvalue weighted by Gasteiger charge is -2.02. The summed E-state index contributed by atoms with van der Waals surface area (Å²) in [6, 6.07) is 14.0.